The summed E-state index contributed by atoms with van der Waals surface area (Å²) >= 11 is 0. The normalized spacial score (nSPS) is 17.8. The van der Waals surface area contributed by atoms with Gasteiger partial charge in [-0.3, -0.25) is 4.79 Å². The van der Waals surface area contributed by atoms with Gasteiger partial charge in [0.05, 0.1) is 6.10 Å². The van der Waals surface area contributed by atoms with Crippen molar-refractivity contribution >= 4 is 29.8 Å². The van der Waals surface area contributed by atoms with Gasteiger partial charge in [0.2, 0.25) is 5.91 Å². The van der Waals surface area contributed by atoms with Crippen molar-refractivity contribution in [3.63, 3.8) is 0 Å². The number of aliphatic hydroxyl groups is 1. The first-order chi connectivity index (χ1) is 18.5. The SMILES string of the molecule is CC(=O)N1CCC(c2ccc(Nc3ncc(CCC(O)c4ccccc4)c4c3C(C=O)NC=C4)cc2)CC1. The van der Waals surface area contributed by atoms with Crippen LogP contribution >= 0.6 is 0 Å². The number of aryl methyl sites for hydroxylation is 1. The first-order valence-corrected chi connectivity index (χ1v) is 13.3. The van der Waals surface area contributed by atoms with Crippen molar-refractivity contribution in [1.82, 2.24) is 15.2 Å². The van der Waals surface area contributed by atoms with Crippen molar-refractivity contribution in [2.75, 3.05) is 18.4 Å². The highest BCUT2D eigenvalue weighted by atomic mass is 16.3. The number of pyridine rings is 1. The van der Waals surface area contributed by atoms with Crippen LogP contribution in [0.2, 0.25) is 0 Å². The second-order valence-electron chi connectivity index (χ2n) is 10.1. The molecule has 7 nitrogen and oxygen atoms in total. The van der Waals surface area contributed by atoms with E-state index in [0.717, 1.165) is 60.2 Å². The Morgan fingerprint density at radius 3 is 2.58 bits per heavy atom. The highest BCUT2D eigenvalue weighted by Crippen LogP contribution is 2.34. The molecular formula is C31H34N4O3. The van der Waals surface area contributed by atoms with E-state index in [2.05, 4.69) is 22.8 Å². The van der Waals surface area contributed by atoms with Gasteiger partial charge >= 0.3 is 0 Å². The van der Waals surface area contributed by atoms with Crippen LogP contribution in [0.1, 0.15) is 72.1 Å². The molecule has 7 heteroatoms. The molecular weight excluding hydrogens is 476 g/mol. The summed E-state index contributed by atoms with van der Waals surface area (Å²) < 4.78 is 0. The number of aliphatic hydroxyl groups excluding tert-OH is 1. The van der Waals surface area contributed by atoms with Crippen LogP contribution in [-0.2, 0) is 16.0 Å². The monoisotopic (exact) mass is 510 g/mol. The van der Waals surface area contributed by atoms with E-state index in [9.17, 15) is 14.7 Å². The van der Waals surface area contributed by atoms with Gasteiger partial charge in [0.1, 0.15) is 18.1 Å². The van der Waals surface area contributed by atoms with Crippen LogP contribution < -0.4 is 10.6 Å². The molecule has 0 spiro atoms. The maximum Gasteiger partial charge on any atom is 0.219 e. The van der Waals surface area contributed by atoms with E-state index in [1.54, 1.807) is 13.1 Å². The highest BCUT2D eigenvalue weighted by molar-refractivity contribution is 5.78. The van der Waals surface area contributed by atoms with E-state index in [-0.39, 0.29) is 5.91 Å². The van der Waals surface area contributed by atoms with E-state index in [1.807, 2.05) is 59.6 Å². The van der Waals surface area contributed by atoms with Crippen LogP contribution in [0.5, 0.6) is 0 Å². The second kappa shape index (κ2) is 11.6. The summed E-state index contributed by atoms with van der Waals surface area (Å²) in [7, 11) is 0. The Bertz CT molecular complexity index is 1300. The number of aldehydes is 1. The van der Waals surface area contributed by atoms with Crippen molar-refractivity contribution in [3.05, 3.63) is 94.8 Å². The van der Waals surface area contributed by atoms with Crippen LogP contribution in [0.3, 0.4) is 0 Å². The fourth-order valence-corrected chi connectivity index (χ4v) is 5.46. The molecule has 1 fully saturated rings. The summed E-state index contributed by atoms with van der Waals surface area (Å²) in [5.74, 6) is 1.24. The van der Waals surface area contributed by atoms with Gasteiger partial charge in [0, 0.05) is 37.5 Å². The number of carbonyl (C=O) groups excluding carboxylic acids is 2. The lowest BCUT2D eigenvalue weighted by Gasteiger charge is -2.31. The van der Waals surface area contributed by atoms with Crippen LogP contribution in [0.4, 0.5) is 11.5 Å². The molecule has 3 N–H and O–H groups in total. The van der Waals surface area contributed by atoms with Gasteiger partial charge in [-0.1, -0.05) is 42.5 Å². The third kappa shape index (κ3) is 5.63. The minimum atomic E-state index is -0.564. The zero-order valence-corrected chi connectivity index (χ0v) is 21.6. The van der Waals surface area contributed by atoms with Crippen LogP contribution in [-0.4, -0.2) is 40.3 Å². The third-order valence-corrected chi connectivity index (χ3v) is 7.67. The van der Waals surface area contributed by atoms with Gasteiger partial charge in [0.15, 0.2) is 0 Å². The average Bonchev–Trinajstić information content (AvgIpc) is 2.97. The summed E-state index contributed by atoms with van der Waals surface area (Å²) in [6, 6.07) is 17.5. The van der Waals surface area contributed by atoms with E-state index < -0.39 is 12.1 Å². The number of rotatable bonds is 8. The number of amides is 1. The Morgan fingerprint density at radius 1 is 1.16 bits per heavy atom. The van der Waals surface area contributed by atoms with Gasteiger partial charge in [-0.25, -0.2) is 4.98 Å². The molecule has 1 saturated heterocycles. The van der Waals surface area contributed by atoms with E-state index in [4.69, 9.17) is 4.98 Å². The lowest BCUT2D eigenvalue weighted by Crippen LogP contribution is -2.36. The molecule has 0 aliphatic carbocycles. The molecule has 1 aromatic heterocycles. The molecule has 38 heavy (non-hydrogen) atoms. The van der Waals surface area contributed by atoms with Crippen molar-refractivity contribution in [1.29, 1.82) is 0 Å². The van der Waals surface area contributed by atoms with Gasteiger partial charge < -0.3 is 25.4 Å². The number of nitrogens with one attached hydrogen (secondary N) is 2. The maximum atomic E-state index is 12.0. The summed E-state index contributed by atoms with van der Waals surface area (Å²) in [4.78, 5) is 30.2. The predicted octanol–water partition coefficient (Wildman–Crippen LogP) is 5.03. The molecule has 0 bridgehead atoms. The molecule has 0 radical (unpaired) electrons. The minimum absolute atomic E-state index is 0.148. The van der Waals surface area contributed by atoms with Crippen LogP contribution in [0, 0.1) is 0 Å². The molecule has 2 aromatic carbocycles. The zero-order valence-electron chi connectivity index (χ0n) is 21.6. The van der Waals surface area contributed by atoms with Gasteiger partial charge in [-0.2, -0.15) is 0 Å². The first-order valence-electron chi connectivity index (χ1n) is 13.3. The highest BCUT2D eigenvalue weighted by Gasteiger charge is 2.25. The topological polar surface area (TPSA) is 94.6 Å². The Kier molecular flexibility index (Phi) is 7.84. The summed E-state index contributed by atoms with van der Waals surface area (Å²) in [5, 5.41) is 17.2. The molecule has 3 aromatic rings. The number of likely N-dealkylation sites (tertiary alicyclic amines) is 1. The molecule has 2 atom stereocenters. The number of nitrogens with zero attached hydrogens (tertiary/aromatic N) is 2. The summed E-state index contributed by atoms with van der Waals surface area (Å²) in [6.07, 6.45) is 9.09. The van der Waals surface area contributed by atoms with E-state index >= 15 is 0 Å². The fourth-order valence-electron chi connectivity index (χ4n) is 5.46. The average molecular weight is 511 g/mol. The van der Waals surface area contributed by atoms with Crippen molar-refractivity contribution < 1.29 is 14.7 Å². The second-order valence-corrected chi connectivity index (χ2v) is 10.1. The smallest absolute Gasteiger partial charge is 0.219 e. The number of hydrogen-bond acceptors (Lipinski definition) is 6. The Morgan fingerprint density at radius 2 is 1.89 bits per heavy atom. The Labute approximate surface area is 223 Å². The standard InChI is InChI=1S/C31H34N4O3/c1-21(37)35-17-14-23(15-18-35)22-7-10-26(11-8-22)34-31-30-27(13-16-32-28(30)20-36)25(19-33-31)9-12-29(38)24-5-3-2-4-6-24/h2-8,10-11,13,16,19-20,23,28-29,32,38H,9,12,14-15,17-18H2,1H3,(H,33,34). The molecule has 5 rings (SSSR count). The predicted molar refractivity (Wildman–Crippen MR) is 149 cm³/mol. The molecule has 1 amide bonds. The Balaban J connectivity index is 1.32. The Hall–Kier alpha value is -3.97. The molecule has 2 aliphatic heterocycles. The largest absolute Gasteiger partial charge is 0.388 e. The van der Waals surface area contributed by atoms with Crippen LogP contribution in [0.15, 0.2) is 67.0 Å². The number of anilines is 2. The van der Waals surface area contributed by atoms with Crippen LogP contribution in [0.25, 0.3) is 6.08 Å². The van der Waals surface area contributed by atoms with Crippen molar-refractivity contribution in [2.24, 2.45) is 0 Å². The number of hydrogen-bond donors (Lipinski definition) is 3. The molecule has 2 aliphatic rings. The van der Waals surface area contributed by atoms with Gasteiger partial charge in [-0.05, 0) is 78.3 Å². The summed E-state index contributed by atoms with van der Waals surface area (Å²) in [5.41, 5.74) is 5.84. The van der Waals surface area contributed by atoms with Gasteiger partial charge in [0.25, 0.3) is 0 Å². The lowest BCUT2D eigenvalue weighted by atomic mass is 9.89. The lowest BCUT2D eigenvalue weighted by molar-refractivity contribution is -0.129. The molecule has 2 unspecified atom stereocenters. The maximum absolute atomic E-state index is 12.0. The number of carbonyl (C=O) groups is 2. The number of benzene rings is 2. The quantitative estimate of drug-likeness (QED) is 0.368. The first kappa shape index (κ1) is 25.7. The number of aromatic nitrogens is 1. The van der Waals surface area contributed by atoms with Crippen molar-refractivity contribution in [3.8, 4) is 0 Å². The van der Waals surface area contributed by atoms with Crippen molar-refractivity contribution in [2.45, 2.75) is 50.7 Å². The third-order valence-electron chi connectivity index (χ3n) is 7.67. The molecule has 0 saturated carbocycles. The fraction of sp³-hybridized carbons (Fsp3) is 0.323. The van der Waals surface area contributed by atoms with E-state index in [1.165, 1.54) is 5.56 Å². The number of fused-ring (bicyclic) bond motifs is 1. The minimum Gasteiger partial charge on any atom is -0.388 e. The molecule has 3 heterocycles. The molecule has 196 valence electrons. The van der Waals surface area contributed by atoms with E-state index in [0.29, 0.717) is 24.6 Å². The summed E-state index contributed by atoms with van der Waals surface area (Å²) in [6.45, 7) is 3.24. The van der Waals surface area contributed by atoms with Gasteiger partial charge in [-0.15, -0.1) is 0 Å². The number of piperidine rings is 1. The zero-order chi connectivity index (χ0) is 26.5.